The maximum Gasteiger partial charge on any atom is 0.0723 e. The van der Waals surface area contributed by atoms with E-state index in [1.165, 1.54) is 44.9 Å². The summed E-state index contributed by atoms with van der Waals surface area (Å²) in [5, 5.41) is 10.7. The Labute approximate surface area is 112 Å². The Hall–Kier alpha value is -0.120. The molecule has 0 aromatic heterocycles. The molecule has 0 aromatic carbocycles. The van der Waals surface area contributed by atoms with Crippen molar-refractivity contribution in [2.24, 2.45) is 0 Å². The van der Waals surface area contributed by atoms with Crippen molar-refractivity contribution in [1.82, 2.24) is 4.90 Å². The number of unbranched alkanes of at least 4 members (excludes halogenated alkanes) is 2. The van der Waals surface area contributed by atoms with E-state index in [0.717, 1.165) is 32.7 Å². The monoisotopic (exact) mass is 255 g/mol. The summed E-state index contributed by atoms with van der Waals surface area (Å²) in [6, 6.07) is 0. The molecule has 1 saturated carbocycles. The first-order valence-corrected chi connectivity index (χ1v) is 7.80. The Kier molecular flexibility index (Phi) is 5.46. The number of aliphatic hydroxyl groups is 1. The number of hydrogen-bond donors (Lipinski definition) is 1. The van der Waals surface area contributed by atoms with Crippen molar-refractivity contribution in [1.29, 1.82) is 0 Å². The van der Waals surface area contributed by atoms with E-state index in [1.54, 1.807) is 0 Å². The zero-order valence-corrected chi connectivity index (χ0v) is 11.9. The third-order valence-electron chi connectivity index (χ3n) is 4.81. The van der Waals surface area contributed by atoms with Crippen LogP contribution < -0.4 is 0 Å². The lowest BCUT2D eigenvalue weighted by molar-refractivity contribution is -0.0784. The van der Waals surface area contributed by atoms with E-state index in [0.29, 0.717) is 0 Å². The van der Waals surface area contributed by atoms with Crippen LogP contribution in [0.2, 0.25) is 0 Å². The van der Waals surface area contributed by atoms with Crippen LogP contribution in [0.3, 0.4) is 0 Å². The normalized spacial score (nSPS) is 26.3. The van der Waals surface area contributed by atoms with Gasteiger partial charge in [-0.15, -0.1) is 0 Å². The van der Waals surface area contributed by atoms with Crippen molar-refractivity contribution >= 4 is 0 Å². The zero-order chi connectivity index (χ0) is 12.8. The van der Waals surface area contributed by atoms with E-state index >= 15 is 0 Å². The highest BCUT2D eigenvalue weighted by Gasteiger charge is 2.45. The van der Waals surface area contributed by atoms with Crippen LogP contribution >= 0.6 is 0 Å². The maximum atomic E-state index is 10.7. The fourth-order valence-electron chi connectivity index (χ4n) is 3.71. The molecule has 2 fully saturated rings. The van der Waals surface area contributed by atoms with E-state index < -0.39 is 0 Å². The van der Waals surface area contributed by atoms with Gasteiger partial charge in [0.05, 0.1) is 19.3 Å². The van der Waals surface area contributed by atoms with Gasteiger partial charge in [0.15, 0.2) is 0 Å². The van der Waals surface area contributed by atoms with Crippen molar-refractivity contribution in [3.05, 3.63) is 0 Å². The molecule has 2 rings (SSSR count). The number of ether oxygens (including phenoxy) is 1. The van der Waals surface area contributed by atoms with E-state index in [1.807, 2.05) is 0 Å². The lowest BCUT2D eigenvalue weighted by Crippen LogP contribution is -2.58. The average Bonchev–Trinajstić information content (AvgIpc) is 2.90. The van der Waals surface area contributed by atoms with Crippen LogP contribution in [-0.4, -0.2) is 48.0 Å². The van der Waals surface area contributed by atoms with Crippen LogP contribution in [0.25, 0.3) is 0 Å². The molecule has 0 bridgehead atoms. The topological polar surface area (TPSA) is 32.7 Å². The predicted octanol–water partition coefficient (Wildman–Crippen LogP) is 2.57. The van der Waals surface area contributed by atoms with Crippen LogP contribution in [0.4, 0.5) is 0 Å². The van der Waals surface area contributed by atoms with Crippen molar-refractivity contribution in [3.8, 4) is 0 Å². The highest BCUT2D eigenvalue weighted by molar-refractivity contribution is 5.00. The van der Waals surface area contributed by atoms with Gasteiger partial charge in [0.25, 0.3) is 0 Å². The van der Waals surface area contributed by atoms with Gasteiger partial charge < -0.3 is 9.84 Å². The Morgan fingerprint density at radius 1 is 1.17 bits per heavy atom. The first-order valence-electron chi connectivity index (χ1n) is 7.80. The third kappa shape index (κ3) is 3.06. The summed E-state index contributed by atoms with van der Waals surface area (Å²) < 4.78 is 5.46. The molecule has 1 N–H and O–H groups in total. The second kappa shape index (κ2) is 6.88. The van der Waals surface area contributed by atoms with Crippen molar-refractivity contribution < 1.29 is 9.84 Å². The Bertz CT molecular complexity index is 233. The zero-order valence-electron chi connectivity index (χ0n) is 11.9. The molecule has 1 aliphatic carbocycles. The van der Waals surface area contributed by atoms with Crippen LogP contribution in [0.1, 0.15) is 58.3 Å². The van der Waals surface area contributed by atoms with Gasteiger partial charge in [-0.1, -0.05) is 39.0 Å². The molecule has 2 aliphatic rings. The summed E-state index contributed by atoms with van der Waals surface area (Å²) in [5.41, 5.74) is 0.0809. The number of hydrogen-bond acceptors (Lipinski definition) is 3. The van der Waals surface area contributed by atoms with Crippen molar-refractivity contribution in [2.75, 3.05) is 26.3 Å². The second-order valence-electron chi connectivity index (χ2n) is 5.92. The molecular formula is C15H29NO2. The molecular weight excluding hydrogens is 226 g/mol. The summed E-state index contributed by atoms with van der Waals surface area (Å²) in [6.45, 7) is 5.90. The molecule has 1 saturated heterocycles. The van der Waals surface area contributed by atoms with Crippen LogP contribution in [0.5, 0.6) is 0 Å². The Morgan fingerprint density at radius 2 is 1.83 bits per heavy atom. The summed E-state index contributed by atoms with van der Waals surface area (Å²) in [4.78, 5) is 2.53. The quantitative estimate of drug-likeness (QED) is 0.740. The van der Waals surface area contributed by atoms with Gasteiger partial charge in [-0.3, -0.25) is 4.90 Å². The van der Waals surface area contributed by atoms with Gasteiger partial charge in [0.1, 0.15) is 0 Å². The van der Waals surface area contributed by atoms with E-state index in [4.69, 9.17) is 4.74 Å². The van der Waals surface area contributed by atoms with E-state index in [9.17, 15) is 5.11 Å². The summed E-state index contributed by atoms with van der Waals surface area (Å²) in [5.74, 6) is 0. The second-order valence-corrected chi connectivity index (χ2v) is 5.92. The van der Waals surface area contributed by atoms with E-state index in [2.05, 4.69) is 11.8 Å². The minimum atomic E-state index is -0.135. The molecule has 1 unspecified atom stereocenters. The van der Waals surface area contributed by atoms with Crippen LogP contribution in [0, 0.1) is 0 Å². The molecule has 1 atom stereocenters. The summed E-state index contributed by atoms with van der Waals surface area (Å²) >= 11 is 0. The summed E-state index contributed by atoms with van der Waals surface area (Å²) in [7, 11) is 0. The van der Waals surface area contributed by atoms with Gasteiger partial charge in [0.2, 0.25) is 0 Å². The van der Waals surface area contributed by atoms with Gasteiger partial charge in [-0.25, -0.2) is 0 Å². The average molecular weight is 255 g/mol. The molecule has 18 heavy (non-hydrogen) atoms. The fraction of sp³-hybridized carbons (Fsp3) is 1.00. The maximum absolute atomic E-state index is 10.7. The molecule has 106 valence electrons. The third-order valence-corrected chi connectivity index (χ3v) is 4.81. The first kappa shape index (κ1) is 14.3. The standard InChI is InChI=1S/C15H29NO2/c1-2-3-4-7-14(17)15(8-5-6-9-15)16-10-12-18-13-11-16/h14,17H,2-13H2,1H3. The van der Waals surface area contributed by atoms with Gasteiger partial charge in [-0.05, 0) is 19.3 Å². The van der Waals surface area contributed by atoms with Crippen LogP contribution in [0.15, 0.2) is 0 Å². The van der Waals surface area contributed by atoms with Gasteiger partial charge in [-0.2, -0.15) is 0 Å². The molecule has 3 nitrogen and oxygen atoms in total. The Morgan fingerprint density at radius 3 is 2.44 bits per heavy atom. The number of morpholine rings is 1. The smallest absolute Gasteiger partial charge is 0.0723 e. The minimum Gasteiger partial charge on any atom is -0.391 e. The SMILES string of the molecule is CCCCCC(O)C1(N2CCOCC2)CCCC1. The molecule has 0 amide bonds. The predicted molar refractivity (Wildman–Crippen MR) is 73.7 cm³/mol. The molecule has 0 aromatic rings. The fourth-order valence-corrected chi connectivity index (χ4v) is 3.71. The number of nitrogens with zero attached hydrogens (tertiary/aromatic N) is 1. The molecule has 3 heteroatoms. The van der Waals surface area contributed by atoms with E-state index in [-0.39, 0.29) is 11.6 Å². The van der Waals surface area contributed by atoms with Gasteiger partial charge >= 0.3 is 0 Å². The van der Waals surface area contributed by atoms with Gasteiger partial charge in [0, 0.05) is 18.6 Å². The minimum absolute atomic E-state index is 0.0809. The molecule has 1 heterocycles. The summed E-state index contributed by atoms with van der Waals surface area (Å²) in [6.07, 6.45) is 9.41. The Balaban J connectivity index is 1.96. The highest BCUT2D eigenvalue weighted by Crippen LogP contribution is 2.40. The van der Waals surface area contributed by atoms with Crippen LogP contribution in [-0.2, 0) is 4.74 Å². The van der Waals surface area contributed by atoms with Crippen molar-refractivity contribution in [2.45, 2.75) is 69.9 Å². The van der Waals surface area contributed by atoms with Crippen molar-refractivity contribution in [3.63, 3.8) is 0 Å². The molecule has 0 radical (unpaired) electrons. The lowest BCUT2D eigenvalue weighted by Gasteiger charge is -2.46. The largest absolute Gasteiger partial charge is 0.391 e. The highest BCUT2D eigenvalue weighted by atomic mass is 16.5. The number of rotatable bonds is 6. The number of aliphatic hydroxyl groups excluding tert-OH is 1. The first-order chi connectivity index (χ1) is 8.79. The lowest BCUT2D eigenvalue weighted by atomic mass is 9.85. The molecule has 1 aliphatic heterocycles. The molecule has 0 spiro atoms.